The molecule has 1 aliphatic heterocycles. The predicted molar refractivity (Wildman–Crippen MR) is 94.4 cm³/mol. The number of piperazine rings is 1. The minimum atomic E-state index is 0.910. The Labute approximate surface area is 137 Å². The van der Waals surface area contributed by atoms with Gasteiger partial charge in [-0.2, -0.15) is 0 Å². The number of hydrogen-bond donors (Lipinski definition) is 1. The zero-order valence-electron chi connectivity index (χ0n) is 13.6. The molecule has 23 heavy (non-hydrogen) atoms. The van der Waals surface area contributed by atoms with E-state index in [0.717, 1.165) is 50.8 Å². The summed E-state index contributed by atoms with van der Waals surface area (Å²) in [5.41, 5.74) is 1.28. The van der Waals surface area contributed by atoms with Gasteiger partial charge in [0.1, 0.15) is 11.6 Å². The maximum atomic E-state index is 5.22. The first-order valence-corrected chi connectivity index (χ1v) is 8.11. The molecule has 2 heterocycles. The molecule has 5 nitrogen and oxygen atoms in total. The molecular formula is C18H24N4O. The zero-order chi connectivity index (χ0) is 15.9. The van der Waals surface area contributed by atoms with Gasteiger partial charge in [-0.05, 0) is 36.4 Å². The van der Waals surface area contributed by atoms with E-state index in [-0.39, 0.29) is 0 Å². The standard InChI is InChI=1S/C18H24N4O/c1-23-17-7-5-16(6-8-17)22-14-12-21(13-15-22)11-10-20-18-4-2-3-9-19-18/h2-9H,10-15H2,1H3,(H,19,20). The Morgan fingerprint density at radius 3 is 2.48 bits per heavy atom. The van der Waals surface area contributed by atoms with E-state index in [4.69, 9.17) is 4.74 Å². The summed E-state index contributed by atoms with van der Waals surface area (Å²) in [6.07, 6.45) is 1.82. The highest BCUT2D eigenvalue weighted by atomic mass is 16.5. The number of nitrogens with one attached hydrogen (secondary N) is 1. The quantitative estimate of drug-likeness (QED) is 0.886. The van der Waals surface area contributed by atoms with Crippen LogP contribution >= 0.6 is 0 Å². The third-order valence-electron chi connectivity index (χ3n) is 4.21. The summed E-state index contributed by atoms with van der Waals surface area (Å²) < 4.78 is 5.22. The molecule has 1 aromatic carbocycles. The number of anilines is 2. The molecule has 0 radical (unpaired) electrons. The Morgan fingerprint density at radius 1 is 1.04 bits per heavy atom. The molecule has 0 bridgehead atoms. The Kier molecular flexibility index (Phi) is 5.32. The number of pyridine rings is 1. The SMILES string of the molecule is COc1ccc(N2CCN(CCNc3ccccn3)CC2)cc1. The van der Waals surface area contributed by atoms with Gasteiger partial charge in [0.05, 0.1) is 7.11 Å². The molecule has 1 saturated heterocycles. The topological polar surface area (TPSA) is 40.6 Å². The molecule has 0 spiro atoms. The average molecular weight is 312 g/mol. The average Bonchev–Trinajstić information content (AvgIpc) is 2.63. The van der Waals surface area contributed by atoms with Crippen LogP contribution in [0.5, 0.6) is 5.75 Å². The second kappa shape index (κ2) is 7.83. The lowest BCUT2D eigenvalue weighted by molar-refractivity contribution is 0.267. The third kappa shape index (κ3) is 4.36. The predicted octanol–water partition coefficient (Wildman–Crippen LogP) is 2.32. The molecule has 0 atom stereocenters. The number of methoxy groups -OCH3 is 1. The maximum Gasteiger partial charge on any atom is 0.125 e. The van der Waals surface area contributed by atoms with Crippen LogP contribution in [0.1, 0.15) is 0 Å². The van der Waals surface area contributed by atoms with Gasteiger partial charge in [-0.1, -0.05) is 6.07 Å². The second-order valence-electron chi connectivity index (χ2n) is 5.67. The van der Waals surface area contributed by atoms with Crippen molar-refractivity contribution in [2.45, 2.75) is 0 Å². The molecule has 1 N–H and O–H groups in total. The van der Waals surface area contributed by atoms with Crippen LogP contribution in [-0.2, 0) is 0 Å². The van der Waals surface area contributed by atoms with Gasteiger partial charge < -0.3 is 15.0 Å². The molecule has 2 aromatic rings. The molecule has 0 amide bonds. The molecule has 122 valence electrons. The summed E-state index contributed by atoms with van der Waals surface area (Å²) in [7, 11) is 1.70. The van der Waals surface area contributed by atoms with Gasteiger partial charge in [0.2, 0.25) is 0 Å². The fourth-order valence-corrected chi connectivity index (χ4v) is 2.83. The van der Waals surface area contributed by atoms with E-state index in [1.54, 1.807) is 7.11 Å². The van der Waals surface area contributed by atoms with Crippen molar-refractivity contribution in [3.05, 3.63) is 48.7 Å². The fourth-order valence-electron chi connectivity index (χ4n) is 2.83. The van der Waals surface area contributed by atoms with Crippen molar-refractivity contribution in [3.8, 4) is 5.75 Å². The van der Waals surface area contributed by atoms with Gasteiger partial charge in [0, 0.05) is 51.2 Å². The summed E-state index contributed by atoms with van der Waals surface area (Å²) in [5.74, 6) is 1.86. The highest BCUT2D eigenvalue weighted by Gasteiger charge is 2.16. The Morgan fingerprint density at radius 2 is 1.83 bits per heavy atom. The number of ether oxygens (including phenoxy) is 1. The lowest BCUT2D eigenvalue weighted by atomic mass is 10.2. The highest BCUT2D eigenvalue weighted by molar-refractivity contribution is 5.49. The first-order chi connectivity index (χ1) is 11.3. The number of nitrogens with zero attached hydrogens (tertiary/aromatic N) is 3. The van der Waals surface area contributed by atoms with Gasteiger partial charge in [-0.25, -0.2) is 4.98 Å². The fraction of sp³-hybridized carbons (Fsp3) is 0.389. The van der Waals surface area contributed by atoms with Gasteiger partial charge in [-0.15, -0.1) is 0 Å². The van der Waals surface area contributed by atoms with Crippen molar-refractivity contribution in [3.63, 3.8) is 0 Å². The Balaban J connectivity index is 1.41. The van der Waals surface area contributed by atoms with Crippen molar-refractivity contribution in [1.82, 2.24) is 9.88 Å². The summed E-state index contributed by atoms with van der Waals surface area (Å²) in [6, 6.07) is 14.3. The van der Waals surface area contributed by atoms with Crippen molar-refractivity contribution < 1.29 is 4.74 Å². The van der Waals surface area contributed by atoms with Gasteiger partial charge >= 0.3 is 0 Å². The normalized spacial score (nSPS) is 15.4. The summed E-state index contributed by atoms with van der Waals surface area (Å²) in [6.45, 7) is 6.30. The summed E-state index contributed by atoms with van der Waals surface area (Å²) in [5, 5.41) is 3.37. The first-order valence-electron chi connectivity index (χ1n) is 8.11. The van der Waals surface area contributed by atoms with Crippen LogP contribution in [-0.4, -0.2) is 56.3 Å². The molecule has 0 aliphatic carbocycles. The minimum Gasteiger partial charge on any atom is -0.497 e. The number of benzene rings is 1. The van der Waals surface area contributed by atoms with Gasteiger partial charge in [0.25, 0.3) is 0 Å². The molecule has 0 saturated carbocycles. The van der Waals surface area contributed by atoms with Crippen molar-refractivity contribution >= 4 is 11.5 Å². The highest BCUT2D eigenvalue weighted by Crippen LogP contribution is 2.20. The molecule has 0 unspecified atom stereocenters. The monoisotopic (exact) mass is 312 g/mol. The smallest absolute Gasteiger partial charge is 0.125 e. The maximum absolute atomic E-state index is 5.22. The van der Waals surface area contributed by atoms with Gasteiger partial charge in [-0.3, -0.25) is 4.90 Å². The van der Waals surface area contributed by atoms with Crippen LogP contribution in [0, 0.1) is 0 Å². The number of rotatable bonds is 6. The summed E-state index contributed by atoms with van der Waals surface area (Å²) in [4.78, 5) is 9.21. The summed E-state index contributed by atoms with van der Waals surface area (Å²) >= 11 is 0. The van der Waals surface area contributed by atoms with E-state index >= 15 is 0 Å². The lowest BCUT2D eigenvalue weighted by Gasteiger charge is -2.36. The lowest BCUT2D eigenvalue weighted by Crippen LogP contribution is -2.47. The Hall–Kier alpha value is -2.27. The van der Waals surface area contributed by atoms with Crippen LogP contribution in [0.3, 0.4) is 0 Å². The first kappa shape index (κ1) is 15.6. The number of hydrogen-bond acceptors (Lipinski definition) is 5. The zero-order valence-corrected chi connectivity index (χ0v) is 13.6. The van der Waals surface area contributed by atoms with E-state index in [1.165, 1.54) is 5.69 Å². The molecule has 5 heteroatoms. The largest absolute Gasteiger partial charge is 0.497 e. The van der Waals surface area contributed by atoms with Crippen LogP contribution < -0.4 is 15.0 Å². The van der Waals surface area contributed by atoms with Crippen molar-refractivity contribution in [1.29, 1.82) is 0 Å². The molecule has 1 aromatic heterocycles. The van der Waals surface area contributed by atoms with E-state index in [0.29, 0.717) is 0 Å². The molecule has 3 rings (SSSR count). The van der Waals surface area contributed by atoms with E-state index in [2.05, 4.69) is 32.2 Å². The number of aromatic nitrogens is 1. The Bertz CT molecular complexity index is 580. The third-order valence-corrected chi connectivity index (χ3v) is 4.21. The molecular weight excluding hydrogens is 288 g/mol. The van der Waals surface area contributed by atoms with Crippen molar-refractivity contribution in [2.24, 2.45) is 0 Å². The van der Waals surface area contributed by atoms with Gasteiger partial charge in [0.15, 0.2) is 0 Å². The van der Waals surface area contributed by atoms with Crippen LogP contribution in [0.25, 0.3) is 0 Å². The van der Waals surface area contributed by atoms with Crippen molar-refractivity contribution in [2.75, 3.05) is 56.6 Å². The molecule has 1 aliphatic rings. The van der Waals surface area contributed by atoms with Crippen LogP contribution in [0.15, 0.2) is 48.7 Å². The van der Waals surface area contributed by atoms with E-state index < -0.39 is 0 Å². The van der Waals surface area contributed by atoms with Crippen LogP contribution in [0.2, 0.25) is 0 Å². The van der Waals surface area contributed by atoms with Crippen LogP contribution in [0.4, 0.5) is 11.5 Å². The van der Waals surface area contributed by atoms with E-state index in [1.807, 2.05) is 36.5 Å². The molecule has 1 fully saturated rings. The second-order valence-corrected chi connectivity index (χ2v) is 5.67. The minimum absolute atomic E-state index is 0.910. The van der Waals surface area contributed by atoms with E-state index in [9.17, 15) is 0 Å².